The number of nitrogens with one attached hydrogen (secondary N) is 3. The Morgan fingerprint density at radius 3 is 2.12 bits per heavy atom. The minimum Gasteiger partial charge on any atom is -0.494 e. The largest absolute Gasteiger partial charge is 0.494 e. The monoisotopic (exact) mass is 687 g/mol. The zero-order valence-corrected chi connectivity index (χ0v) is 28.7. The molecule has 10 heteroatoms. The molecule has 0 spiro atoms. The van der Waals surface area contributed by atoms with Gasteiger partial charge in [0.2, 0.25) is 5.91 Å². The van der Waals surface area contributed by atoms with Crippen molar-refractivity contribution in [3.05, 3.63) is 150 Å². The Hall–Kier alpha value is -6.00. The second-order valence-electron chi connectivity index (χ2n) is 10.8. The van der Waals surface area contributed by atoms with Gasteiger partial charge in [-0.2, -0.15) is 0 Å². The van der Waals surface area contributed by atoms with Crippen molar-refractivity contribution in [2.24, 2.45) is 0 Å². The van der Waals surface area contributed by atoms with Crippen LogP contribution in [0.4, 0.5) is 11.4 Å². The van der Waals surface area contributed by atoms with Crippen molar-refractivity contribution in [3.8, 4) is 17.2 Å². The smallest absolute Gasteiger partial charge is 0.272 e. The lowest BCUT2D eigenvalue weighted by molar-refractivity contribution is -0.116. The standard InChI is InChI=1S/C40H37N3O6S/c1-4-49-32-23-21-30(22-24-32)41-40(46)37(27-13-7-5-8-14-27)50-33-19-12-18-31(26-33)42-39(45)34(43-38(44)28-15-9-6-10-16-28)25-29-17-11-20-35(47-2)36(29)48-3/h5-26,37H,4H2,1-3H3,(H,41,46)(H,42,45)(H,43,44)/b34-25+. The minimum atomic E-state index is -0.602. The van der Waals surface area contributed by atoms with Crippen molar-refractivity contribution in [2.75, 3.05) is 31.5 Å². The van der Waals surface area contributed by atoms with Crippen LogP contribution in [0.15, 0.2) is 138 Å². The maximum atomic E-state index is 13.8. The molecule has 0 saturated heterocycles. The molecule has 254 valence electrons. The van der Waals surface area contributed by atoms with Gasteiger partial charge >= 0.3 is 0 Å². The topological polar surface area (TPSA) is 115 Å². The van der Waals surface area contributed by atoms with Crippen LogP contribution < -0.4 is 30.2 Å². The van der Waals surface area contributed by atoms with Crippen molar-refractivity contribution in [3.63, 3.8) is 0 Å². The number of ether oxygens (including phenoxy) is 3. The maximum absolute atomic E-state index is 13.8. The SMILES string of the molecule is CCOc1ccc(NC(=O)C(Sc2cccc(NC(=O)/C(=C\c3cccc(OC)c3OC)NC(=O)c3ccccc3)c2)c2ccccc2)cc1. The van der Waals surface area contributed by atoms with Gasteiger partial charge in [0.1, 0.15) is 16.7 Å². The van der Waals surface area contributed by atoms with E-state index in [9.17, 15) is 14.4 Å². The Bertz CT molecular complexity index is 1950. The molecular formula is C40H37N3O6S. The summed E-state index contributed by atoms with van der Waals surface area (Å²) < 4.78 is 16.5. The van der Waals surface area contributed by atoms with E-state index in [1.54, 1.807) is 78.9 Å². The molecular weight excluding hydrogens is 651 g/mol. The minimum absolute atomic E-state index is 0.0136. The number of methoxy groups -OCH3 is 2. The number of carbonyl (C=O) groups is 3. The Labute approximate surface area is 295 Å². The summed E-state index contributed by atoms with van der Waals surface area (Å²) in [6.45, 7) is 2.46. The molecule has 0 aliphatic heterocycles. The third-order valence-electron chi connectivity index (χ3n) is 7.38. The van der Waals surface area contributed by atoms with Gasteiger partial charge in [-0.3, -0.25) is 14.4 Å². The number of carbonyl (C=O) groups excluding carboxylic acids is 3. The van der Waals surface area contributed by atoms with E-state index in [0.717, 1.165) is 16.2 Å². The van der Waals surface area contributed by atoms with Crippen LogP contribution in [0.5, 0.6) is 17.2 Å². The number of thioether (sulfide) groups is 1. The van der Waals surface area contributed by atoms with Gasteiger partial charge in [-0.1, -0.05) is 66.7 Å². The fourth-order valence-electron chi connectivity index (χ4n) is 5.01. The van der Waals surface area contributed by atoms with E-state index in [4.69, 9.17) is 14.2 Å². The molecule has 0 radical (unpaired) electrons. The van der Waals surface area contributed by atoms with E-state index in [1.165, 1.54) is 32.1 Å². The van der Waals surface area contributed by atoms with Crippen LogP contribution in [0.1, 0.15) is 33.7 Å². The lowest BCUT2D eigenvalue weighted by atomic mass is 10.1. The number of hydrogen-bond acceptors (Lipinski definition) is 7. The number of para-hydroxylation sites is 1. The fourth-order valence-corrected chi connectivity index (χ4v) is 6.10. The van der Waals surface area contributed by atoms with Crippen LogP contribution in [-0.4, -0.2) is 38.5 Å². The second kappa shape index (κ2) is 17.4. The first-order chi connectivity index (χ1) is 24.4. The molecule has 0 heterocycles. The molecule has 0 aliphatic rings. The first-order valence-corrected chi connectivity index (χ1v) is 16.7. The first-order valence-electron chi connectivity index (χ1n) is 15.8. The highest BCUT2D eigenvalue weighted by Crippen LogP contribution is 2.37. The van der Waals surface area contributed by atoms with Crippen molar-refractivity contribution >= 4 is 46.9 Å². The van der Waals surface area contributed by atoms with Crippen LogP contribution in [-0.2, 0) is 9.59 Å². The van der Waals surface area contributed by atoms with E-state index in [2.05, 4.69) is 16.0 Å². The highest BCUT2D eigenvalue weighted by molar-refractivity contribution is 8.00. The fraction of sp³-hybridized carbons (Fsp3) is 0.125. The summed E-state index contributed by atoms with van der Waals surface area (Å²) in [5.41, 5.74) is 2.83. The lowest BCUT2D eigenvalue weighted by Crippen LogP contribution is -2.30. The van der Waals surface area contributed by atoms with Gasteiger partial charge in [-0.05, 0) is 79.2 Å². The van der Waals surface area contributed by atoms with E-state index in [0.29, 0.717) is 40.6 Å². The van der Waals surface area contributed by atoms with Crippen LogP contribution in [0, 0.1) is 0 Å². The van der Waals surface area contributed by atoms with Crippen LogP contribution in [0.3, 0.4) is 0 Å². The Balaban J connectivity index is 1.40. The lowest BCUT2D eigenvalue weighted by Gasteiger charge is -2.18. The molecule has 50 heavy (non-hydrogen) atoms. The van der Waals surface area contributed by atoms with Gasteiger partial charge < -0.3 is 30.2 Å². The number of hydrogen-bond donors (Lipinski definition) is 3. The van der Waals surface area contributed by atoms with Gasteiger partial charge in [0, 0.05) is 27.4 Å². The summed E-state index contributed by atoms with van der Waals surface area (Å²) in [4.78, 5) is 41.4. The Morgan fingerprint density at radius 2 is 1.44 bits per heavy atom. The van der Waals surface area contributed by atoms with Crippen molar-refractivity contribution < 1.29 is 28.6 Å². The molecule has 3 N–H and O–H groups in total. The molecule has 5 aromatic rings. The molecule has 1 atom stereocenters. The highest BCUT2D eigenvalue weighted by atomic mass is 32.2. The summed E-state index contributed by atoms with van der Waals surface area (Å²) in [6, 6.07) is 37.7. The van der Waals surface area contributed by atoms with Gasteiger partial charge in [-0.15, -0.1) is 11.8 Å². The predicted octanol–water partition coefficient (Wildman–Crippen LogP) is 7.98. The molecule has 0 aliphatic carbocycles. The third kappa shape index (κ3) is 9.33. The van der Waals surface area contributed by atoms with E-state index in [-0.39, 0.29) is 11.6 Å². The van der Waals surface area contributed by atoms with Crippen LogP contribution >= 0.6 is 11.8 Å². The zero-order valence-electron chi connectivity index (χ0n) is 27.8. The second-order valence-corrected chi connectivity index (χ2v) is 12.0. The maximum Gasteiger partial charge on any atom is 0.272 e. The number of amides is 3. The van der Waals surface area contributed by atoms with E-state index < -0.39 is 17.1 Å². The Morgan fingerprint density at radius 1 is 0.740 bits per heavy atom. The van der Waals surface area contributed by atoms with Gasteiger partial charge in [0.15, 0.2) is 11.5 Å². The number of anilines is 2. The zero-order chi connectivity index (χ0) is 35.3. The van der Waals surface area contributed by atoms with Gasteiger partial charge in [0.25, 0.3) is 11.8 Å². The summed E-state index contributed by atoms with van der Waals surface area (Å²) >= 11 is 1.35. The molecule has 0 bridgehead atoms. The Kier molecular flexibility index (Phi) is 12.3. The number of rotatable bonds is 14. The average Bonchev–Trinajstić information content (AvgIpc) is 3.15. The van der Waals surface area contributed by atoms with Crippen LogP contribution in [0.2, 0.25) is 0 Å². The molecule has 0 fully saturated rings. The predicted molar refractivity (Wildman–Crippen MR) is 198 cm³/mol. The molecule has 9 nitrogen and oxygen atoms in total. The van der Waals surface area contributed by atoms with Gasteiger partial charge in [-0.25, -0.2) is 0 Å². The third-order valence-corrected chi connectivity index (χ3v) is 8.63. The van der Waals surface area contributed by atoms with E-state index >= 15 is 0 Å². The quantitative estimate of drug-likeness (QED) is 0.0801. The highest BCUT2D eigenvalue weighted by Gasteiger charge is 2.23. The molecule has 5 aromatic carbocycles. The normalized spacial score (nSPS) is 11.5. The summed E-state index contributed by atoms with van der Waals surface area (Å²) in [7, 11) is 3.02. The number of benzene rings is 5. The average molecular weight is 688 g/mol. The van der Waals surface area contributed by atoms with E-state index in [1.807, 2.05) is 55.5 Å². The first kappa shape index (κ1) is 35.3. The van der Waals surface area contributed by atoms with Crippen molar-refractivity contribution in [1.29, 1.82) is 0 Å². The van der Waals surface area contributed by atoms with Gasteiger partial charge in [0.05, 0.1) is 20.8 Å². The van der Waals surface area contributed by atoms with Crippen molar-refractivity contribution in [2.45, 2.75) is 17.1 Å². The molecule has 0 aromatic heterocycles. The molecule has 3 amide bonds. The molecule has 1 unspecified atom stereocenters. The van der Waals surface area contributed by atoms with Crippen molar-refractivity contribution in [1.82, 2.24) is 5.32 Å². The summed E-state index contributed by atoms with van der Waals surface area (Å²) in [5, 5.41) is 8.07. The summed E-state index contributed by atoms with van der Waals surface area (Å²) in [5.74, 6) is 0.374. The van der Waals surface area contributed by atoms with Crippen LogP contribution in [0.25, 0.3) is 6.08 Å². The molecule has 0 saturated carbocycles. The summed E-state index contributed by atoms with van der Waals surface area (Å²) in [6.07, 6.45) is 1.53. The molecule has 5 rings (SSSR count).